The van der Waals surface area contributed by atoms with Gasteiger partial charge in [-0.2, -0.15) is 0 Å². The van der Waals surface area contributed by atoms with Crippen LogP contribution in [0, 0.1) is 0 Å². The van der Waals surface area contributed by atoms with Crippen molar-refractivity contribution in [3.8, 4) is 0 Å². The van der Waals surface area contributed by atoms with Gasteiger partial charge in [-0.1, -0.05) is 15.9 Å². The predicted molar refractivity (Wildman–Crippen MR) is 54.9 cm³/mol. The van der Waals surface area contributed by atoms with Crippen molar-refractivity contribution < 1.29 is 0 Å². The quantitative estimate of drug-likeness (QED) is 0.744. The van der Waals surface area contributed by atoms with Gasteiger partial charge >= 0.3 is 0 Å². The van der Waals surface area contributed by atoms with Crippen molar-refractivity contribution in [2.75, 3.05) is 0 Å². The number of halogens is 2. The van der Waals surface area contributed by atoms with Gasteiger partial charge < -0.3 is 0 Å². The summed E-state index contributed by atoms with van der Waals surface area (Å²) in [4.78, 5) is 8.45. The van der Waals surface area contributed by atoms with E-state index in [-0.39, 0.29) is 0 Å². The highest BCUT2D eigenvalue weighted by molar-refractivity contribution is 9.10. The molecule has 0 radical (unpaired) electrons. The molecule has 0 saturated heterocycles. The van der Waals surface area contributed by atoms with Gasteiger partial charge in [-0.05, 0) is 34.1 Å². The zero-order chi connectivity index (χ0) is 8.55. The van der Waals surface area contributed by atoms with Gasteiger partial charge in [-0.25, -0.2) is 4.98 Å². The summed E-state index contributed by atoms with van der Waals surface area (Å²) in [5, 5.41) is 0. The van der Waals surface area contributed by atoms with Gasteiger partial charge in [0.1, 0.15) is 4.60 Å². The van der Waals surface area contributed by atoms with Crippen LogP contribution in [0.25, 0.3) is 11.0 Å². The first kappa shape index (κ1) is 8.13. The van der Waals surface area contributed by atoms with Crippen molar-refractivity contribution in [1.29, 1.82) is 0 Å². The number of hydrogen-bond acceptors (Lipinski definition) is 2. The lowest BCUT2D eigenvalue weighted by Crippen LogP contribution is -1.83. The molecule has 1 heterocycles. The summed E-state index contributed by atoms with van der Waals surface area (Å²) in [5.41, 5.74) is 1.79. The highest BCUT2D eigenvalue weighted by atomic mass is 79.9. The maximum atomic E-state index is 4.25. The molecule has 2 rings (SSSR count). The molecule has 60 valence electrons. The van der Waals surface area contributed by atoms with Gasteiger partial charge in [0.2, 0.25) is 0 Å². The number of benzene rings is 1. The molecule has 1 aromatic carbocycles. The van der Waals surface area contributed by atoms with E-state index in [1.54, 1.807) is 6.20 Å². The Kier molecular flexibility index (Phi) is 2.11. The van der Waals surface area contributed by atoms with E-state index in [0.717, 1.165) is 20.1 Å². The van der Waals surface area contributed by atoms with Crippen LogP contribution < -0.4 is 0 Å². The number of hydrogen-bond donors (Lipinski definition) is 0. The van der Waals surface area contributed by atoms with Crippen molar-refractivity contribution in [3.63, 3.8) is 0 Å². The van der Waals surface area contributed by atoms with Crippen LogP contribution in [0.5, 0.6) is 0 Å². The maximum Gasteiger partial charge on any atom is 0.125 e. The second-order valence-electron chi connectivity index (χ2n) is 2.33. The molecule has 0 N–H and O–H groups in total. The minimum Gasteiger partial charge on any atom is -0.252 e. The van der Waals surface area contributed by atoms with E-state index < -0.39 is 0 Å². The van der Waals surface area contributed by atoms with Crippen molar-refractivity contribution in [2.24, 2.45) is 0 Å². The third kappa shape index (κ3) is 1.49. The summed E-state index contributed by atoms with van der Waals surface area (Å²) in [6.07, 6.45) is 1.69. The largest absolute Gasteiger partial charge is 0.252 e. The van der Waals surface area contributed by atoms with Crippen LogP contribution in [0.15, 0.2) is 33.5 Å². The molecule has 0 aliphatic rings. The van der Waals surface area contributed by atoms with Crippen LogP contribution in [0.3, 0.4) is 0 Å². The smallest absolute Gasteiger partial charge is 0.125 e. The average Bonchev–Trinajstić information content (AvgIpc) is 2.05. The molecule has 0 spiro atoms. The van der Waals surface area contributed by atoms with E-state index in [1.807, 2.05) is 18.2 Å². The summed E-state index contributed by atoms with van der Waals surface area (Å²) in [5.74, 6) is 0. The van der Waals surface area contributed by atoms with Crippen LogP contribution in [-0.2, 0) is 0 Å². The van der Waals surface area contributed by atoms with E-state index in [1.165, 1.54) is 0 Å². The lowest BCUT2D eigenvalue weighted by atomic mass is 10.3. The predicted octanol–water partition coefficient (Wildman–Crippen LogP) is 3.15. The molecule has 0 aliphatic heterocycles. The molecular weight excluding hydrogens is 284 g/mol. The zero-order valence-electron chi connectivity index (χ0n) is 5.96. The molecule has 4 heteroatoms. The fourth-order valence-corrected chi connectivity index (χ4v) is 1.60. The lowest BCUT2D eigenvalue weighted by molar-refractivity contribution is 1.25. The second kappa shape index (κ2) is 3.11. The Bertz CT molecular complexity index is 387. The van der Waals surface area contributed by atoms with Gasteiger partial charge in [0, 0.05) is 4.47 Å². The third-order valence-corrected chi connectivity index (χ3v) is 2.35. The molecule has 12 heavy (non-hydrogen) atoms. The van der Waals surface area contributed by atoms with Crippen LogP contribution in [0.4, 0.5) is 0 Å². The van der Waals surface area contributed by atoms with Crippen molar-refractivity contribution in [3.05, 3.63) is 33.5 Å². The second-order valence-corrected chi connectivity index (χ2v) is 4.05. The fraction of sp³-hybridized carbons (Fsp3) is 0. The average molecular weight is 288 g/mol. The monoisotopic (exact) mass is 286 g/mol. The highest BCUT2D eigenvalue weighted by Gasteiger charge is 1.97. The molecule has 1 aromatic heterocycles. The zero-order valence-corrected chi connectivity index (χ0v) is 9.13. The fourth-order valence-electron chi connectivity index (χ4n) is 0.961. The molecule has 0 unspecified atom stereocenters. The van der Waals surface area contributed by atoms with Crippen LogP contribution in [0.2, 0.25) is 0 Å². The first-order valence-electron chi connectivity index (χ1n) is 3.33. The normalized spacial score (nSPS) is 10.5. The molecule has 0 aliphatic carbocycles. The molecule has 2 aromatic rings. The Balaban J connectivity index is 2.79. The van der Waals surface area contributed by atoms with E-state index in [9.17, 15) is 0 Å². The standard InChI is InChI=1S/C8H4Br2N2/c9-5-1-2-6-7(3-5)11-4-8(10)12-6/h1-4H. The third-order valence-electron chi connectivity index (χ3n) is 1.47. The summed E-state index contributed by atoms with van der Waals surface area (Å²) in [6, 6.07) is 5.81. The van der Waals surface area contributed by atoms with Crippen molar-refractivity contribution >= 4 is 42.9 Å². The van der Waals surface area contributed by atoms with Gasteiger partial charge in [-0.15, -0.1) is 0 Å². The Hall–Kier alpha value is -0.480. The van der Waals surface area contributed by atoms with Gasteiger partial charge in [0.15, 0.2) is 0 Å². The molecular formula is C8H4Br2N2. The summed E-state index contributed by atoms with van der Waals surface area (Å²) >= 11 is 6.64. The lowest BCUT2D eigenvalue weighted by Gasteiger charge is -1.96. The van der Waals surface area contributed by atoms with Gasteiger partial charge in [-0.3, -0.25) is 4.98 Å². The molecule has 0 saturated carbocycles. The van der Waals surface area contributed by atoms with Gasteiger partial charge in [0.05, 0.1) is 17.2 Å². The van der Waals surface area contributed by atoms with Crippen molar-refractivity contribution in [2.45, 2.75) is 0 Å². The molecule has 0 atom stereocenters. The van der Waals surface area contributed by atoms with Crippen LogP contribution in [0.1, 0.15) is 0 Å². The first-order valence-corrected chi connectivity index (χ1v) is 4.92. The number of aromatic nitrogens is 2. The Labute approximate surface area is 86.3 Å². The van der Waals surface area contributed by atoms with Crippen LogP contribution in [-0.4, -0.2) is 9.97 Å². The minimum atomic E-state index is 0.761. The van der Waals surface area contributed by atoms with E-state index in [2.05, 4.69) is 41.8 Å². The molecule has 2 nitrogen and oxygen atoms in total. The van der Waals surface area contributed by atoms with Crippen LogP contribution >= 0.6 is 31.9 Å². The number of nitrogens with zero attached hydrogens (tertiary/aromatic N) is 2. The summed E-state index contributed by atoms with van der Waals surface area (Å²) in [7, 11) is 0. The Morgan fingerprint density at radius 1 is 1.08 bits per heavy atom. The van der Waals surface area contributed by atoms with Crippen molar-refractivity contribution in [1.82, 2.24) is 9.97 Å². The van der Waals surface area contributed by atoms with Gasteiger partial charge in [0.25, 0.3) is 0 Å². The summed E-state index contributed by atoms with van der Waals surface area (Å²) < 4.78 is 1.78. The van der Waals surface area contributed by atoms with E-state index >= 15 is 0 Å². The minimum absolute atomic E-state index is 0.761. The Morgan fingerprint density at radius 3 is 2.75 bits per heavy atom. The van der Waals surface area contributed by atoms with E-state index in [4.69, 9.17) is 0 Å². The molecule has 0 amide bonds. The topological polar surface area (TPSA) is 25.8 Å². The maximum absolute atomic E-state index is 4.25. The number of rotatable bonds is 0. The molecule has 0 bridgehead atoms. The Morgan fingerprint density at radius 2 is 1.92 bits per heavy atom. The highest BCUT2D eigenvalue weighted by Crippen LogP contribution is 2.17. The number of fused-ring (bicyclic) bond motifs is 1. The summed E-state index contributed by atoms with van der Waals surface area (Å²) in [6.45, 7) is 0. The molecule has 0 fully saturated rings. The first-order chi connectivity index (χ1) is 5.75. The van der Waals surface area contributed by atoms with E-state index in [0.29, 0.717) is 0 Å². The SMILES string of the molecule is Brc1ccc2nc(Br)cnc2c1.